The Labute approximate surface area is 109 Å². The highest BCUT2D eigenvalue weighted by Gasteiger charge is 2.27. The minimum Gasteiger partial charge on any atom is -0.492 e. The zero-order valence-corrected chi connectivity index (χ0v) is 11.0. The maximum atomic E-state index is 11.4. The molecule has 0 radical (unpaired) electrons. The SMILES string of the molecule is Cc1cc(=O)oc2c(C)c3c(cc12)C(CCl)CO3. The first-order valence-corrected chi connectivity index (χ1v) is 6.42. The van der Waals surface area contributed by atoms with Crippen LogP contribution in [0.1, 0.15) is 22.6 Å². The molecule has 0 spiro atoms. The van der Waals surface area contributed by atoms with E-state index in [4.69, 9.17) is 20.8 Å². The van der Waals surface area contributed by atoms with Crippen LogP contribution in [0.2, 0.25) is 0 Å². The van der Waals surface area contributed by atoms with Gasteiger partial charge in [-0.1, -0.05) is 0 Å². The summed E-state index contributed by atoms with van der Waals surface area (Å²) in [6, 6.07) is 3.55. The molecule has 4 heteroatoms. The molecule has 1 aromatic heterocycles. The quantitative estimate of drug-likeness (QED) is 0.587. The smallest absolute Gasteiger partial charge is 0.336 e. The van der Waals surface area contributed by atoms with Gasteiger partial charge in [0.2, 0.25) is 0 Å². The molecule has 3 nitrogen and oxygen atoms in total. The topological polar surface area (TPSA) is 39.4 Å². The molecule has 1 aliphatic heterocycles. The summed E-state index contributed by atoms with van der Waals surface area (Å²) < 4.78 is 11.0. The molecule has 0 saturated heterocycles. The monoisotopic (exact) mass is 264 g/mol. The van der Waals surface area contributed by atoms with Crippen LogP contribution in [0.5, 0.6) is 5.75 Å². The van der Waals surface area contributed by atoms with Gasteiger partial charge in [-0.3, -0.25) is 0 Å². The van der Waals surface area contributed by atoms with Gasteiger partial charge in [-0.2, -0.15) is 0 Å². The maximum Gasteiger partial charge on any atom is 0.336 e. The number of hydrogen-bond acceptors (Lipinski definition) is 3. The van der Waals surface area contributed by atoms with E-state index in [-0.39, 0.29) is 11.5 Å². The van der Waals surface area contributed by atoms with Crippen LogP contribution < -0.4 is 10.4 Å². The largest absolute Gasteiger partial charge is 0.492 e. The first-order valence-electron chi connectivity index (χ1n) is 5.88. The fourth-order valence-corrected chi connectivity index (χ4v) is 2.77. The minimum absolute atomic E-state index is 0.219. The van der Waals surface area contributed by atoms with Crippen LogP contribution in [-0.2, 0) is 0 Å². The Morgan fingerprint density at radius 1 is 1.39 bits per heavy atom. The number of aryl methyl sites for hydroxylation is 2. The van der Waals surface area contributed by atoms with E-state index in [0.29, 0.717) is 18.1 Å². The van der Waals surface area contributed by atoms with Crippen molar-refractivity contribution in [1.29, 1.82) is 0 Å². The third-order valence-corrected chi connectivity index (χ3v) is 3.88. The van der Waals surface area contributed by atoms with E-state index in [9.17, 15) is 4.79 Å². The van der Waals surface area contributed by atoms with Crippen molar-refractivity contribution < 1.29 is 9.15 Å². The van der Waals surface area contributed by atoms with E-state index in [0.717, 1.165) is 27.8 Å². The highest BCUT2D eigenvalue weighted by molar-refractivity contribution is 6.18. The van der Waals surface area contributed by atoms with Crippen molar-refractivity contribution >= 4 is 22.6 Å². The van der Waals surface area contributed by atoms with Crippen LogP contribution in [0.4, 0.5) is 0 Å². The van der Waals surface area contributed by atoms with Gasteiger partial charge in [-0.05, 0) is 25.5 Å². The summed E-state index contributed by atoms with van der Waals surface area (Å²) in [5.74, 6) is 1.58. The Morgan fingerprint density at radius 2 is 2.17 bits per heavy atom. The molecule has 1 unspecified atom stereocenters. The van der Waals surface area contributed by atoms with Gasteiger partial charge in [0.25, 0.3) is 0 Å². The second-order valence-corrected chi connectivity index (χ2v) is 5.02. The van der Waals surface area contributed by atoms with Gasteiger partial charge in [0, 0.05) is 34.4 Å². The lowest BCUT2D eigenvalue weighted by atomic mass is 9.97. The Hall–Kier alpha value is -1.48. The molecule has 1 aliphatic rings. The first kappa shape index (κ1) is 11.6. The summed E-state index contributed by atoms with van der Waals surface area (Å²) in [6.07, 6.45) is 0. The zero-order valence-electron chi connectivity index (χ0n) is 10.2. The van der Waals surface area contributed by atoms with E-state index in [1.54, 1.807) is 0 Å². The highest BCUT2D eigenvalue weighted by Crippen LogP contribution is 2.41. The standard InChI is InChI=1S/C14H13ClO3/c1-7-3-12(16)18-14-8(2)13-11(4-10(7)14)9(5-15)6-17-13/h3-4,9H,5-6H2,1-2H3. The Bertz CT molecular complexity index is 687. The highest BCUT2D eigenvalue weighted by atomic mass is 35.5. The molecule has 0 aliphatic carbocycles. The molecule has 0 fully saturated rings. The van der Waals surface area contributed by atoms with Crippen LogP contribution in [0.15, 0.2) is 21.3 Å². The molecule has 0 saturated carbocycles. The Morgan fingerprint density at radius 3 is 2.89 bits per heavy atom. The average Bonchev–Trinajstić information content (AvgIpc) is 2.74. The molecule has 0 N–H and O–H groups in total. The maximum absolute atomic E-state index is 11.4. The lowest BCUT2D eigenvalue weighted by Gasteiger charge is -2.09. The fraction of sp³-hybridized carbons (Fsp3) is 0.357. The Balaban J connectivity index is 2.40. The van der Waals surface area contributed by atoms with Crippen LogP contribution >= 0.6 is 11.6 Å². The van der Waals surface area contributed by atoms with Gasteiger partial charge < -0.3 is 9.15 Å². The molecule has 2 heterocycles. The van der Waals surface area contributed by atoms with E-state index < -0.39 is 0 Å². The second-order valence-electron chi connectivity index (χ2n) is 4.71. The van der Waals surface area contributed by atoms with E-state index in [1.165, 1.54) is 6.07 Å². The van der Waals surface area contributed by atoms with E-state index in [1.807, 2.05) is 19.9 Å². The van der Waals surface area contributed by atoms with Gasteiger partial charge >= 0.3 is 5.63 Å². The van der Waals surface area contributed by atoms with E-state index in [2.05, 4.69) is 0 Å². The molecule has 0 amide bonds. The number of halogens is 1. The van der Waals surface area contributed by atoms with Crippen LogP contribution in [0.3, 0.4) is 0 Å². The number of alkyl halides is 1. The molecule has 1 aromatic carbocycles. The molecule has 0 bridgehead atoms. The number of benzene rings is 1. The lowest BCUT2D eigenvalue weighted by molar-refractivity contribution is 0.336. The predicted octanol–water partition coefficient (Wildman–Crippen LogP) is 3.12. The van der Waals surface area contributed by atoms with Gasteiger partial charge in [0.15, 0.2) is 0 Å². The van der Waals surface area contributed by atoms with Crippen molar-refractivity contribution in [1.82, 2.24) is 0 Å². The van der Waals surface area contributed by atoms with Gasteiger partial charge in [0.1, 0.15) is 11.3 Å². The third-order valence-electron chi connectivity index (χ3n) is 3.50. The van der Waals surface area contributed by atoms with Crippen molar-refractivity contribution in [3.63, 3.8) is 0 Å². The van der Waals surface area contributed by atoms with Crippen molar-refractivity contribution in [2.75, 3.05) is 12.5 Å². The molecular formula is C14H13ClO3. The molecular weight excluding hydrogens is 252 g/mol. The molecule has 2 aromatic rings. The van der Waals surface area contributed by atoms with Crippen molar-refractivity contribution in [2.45, 2.75) is 19.8 Å². The third kappa shape index (κ3) is 1.54. The second kappa shape index (κ2) is 4.02. The lowest BCUT2D eigenvalue weighted by Crippen LogP contribution is -2.01. The summed E-state index contributed by atoms with van der Waals surface area (Å²) in [5, 5.41) is 0.964. The van der Waals surface area contributed by atoms with Crippen LogP contribution in [-0.4, -0.2) is 12.5 Å². The normalized spacial score (nSPS) is 17.8. The van der Waals surface area contributed by atoms with Crippen LogP contribution in [0.25, 0.3) is 11.0 Å². The average molecular weight is 265 g/mol. The van der Waals surface area contributed by atoms with Crippen LogP contribution in [0, 0.1) is 13.8 Å². The summed E-state index contributed by atoms with van der Waals surface area (Å²) >= 11 is 5.95. The molecule has 1 atom stereocenters. The number of fused-ring (bicyclic) bond motifs is 2. The molecule has 18 heavy (non-hydrogen) atoms. The van der Waals surface area contributed by atoms with E-state index >= 15 is 0 Å². The summed E-state index contributed by atoms with van der Waals surface area (Å²) in [7, 11) is 0. The van der Waals surface area contributed by atoms with Gasteiger partial charge in [0.05, 0.1) is 6.61 Å². The summed E-state index contributed by atoms with van der Waals surface area (Å²) in [4.78, 5) is 11.4. The van der Waals surface area contributed by atoms with Crippen molar-refractivity contribution in [3.8, 4) is 5.75 Å². The summed E-state index contributed by atoms with van der Waals surface area (Å²) in [6.45, 7) is 4.43. The van der Waals surface area contributed by atoms with Gasteiger partial charge in [-0.15, -0.1) is 11.6 Å². The number of rotatable bonds is 1. The number of ether oxygens (including phenoxy) is 1. The summed E-state index contributed by atoms with van der Waals surface area (Å²) in [5.41, 5.74) is 3.22. The van der Waals surface area contributed by atoms with Gasteiger partial charge in [-0.25, -0.2) is 4.79 Å². The van der Waals surface area contributed by atoms with Crippen molar-refractivity contribution in [2.24, 2.45) is 0 Å². The number of hydrogen-bond donors (Lipinski definition) is 0. The first-order chi connectivity index (χ1) is 8.61. The fourth-order valence-electron chi connectivity index (χ4n) is 2.51. The van der Waals surface area contributed by atoms with Crippen molar-refractivity contribution in [3.05, 3.63) is 39.2 Å². The Kier molecular flexibility index (Phi) is 2.59. The minimum atomic E-state index is -0.324. The molecule has 3 rings (SSSR count). The molecule has 94 valence electrons. The zero-order chi connectivity index (χ0) is 12.9. The predicted molar refractivity (Wildman–Crippen MR) is 70.9 cm³/mol.